The van der Waals surface area contributed by atoms with Crippen molar-refractivity contribution >= 4 is 69.0 Å². The third-order valence-electron chi connectivity index (χ3n) is 2.36. The molecular weight excluding hydrogens is 419 g/mol. The van der Waals surface area contributed by atoms with Crippen LogP contribution in [-0.2, 0) is 0 Å². The van der Waals surface area contributed by atoms with Crippen molar-refractivity contribution in [3.05, 3.63) is 60.6 Å². The lowest BCUT2D eigenvalue weighted by atomic mass is 10.2. The molecule has 0 radical (unpaired) electrons. The molecule has 0 saturated carbocycles. The van der Waals surface area contributed by atoms with Crippen molar-refractivity contribution in [1.29, 1.82) is 0 Å². The number of nitrogens with one attached hydrogen (secondary N) is 1. The smallest absolute Gasteiger partial charge is 0.255 e. The lowest BCUT2D eigenvalue weighted by Gasteiger charge is -2.08. The maximum Gasteiger partial charge on any atom is 0.255 e. The van der Waals surface area contributed by atoms with Crippen LogP contribution in [-0.4, -0.2) is 5.91 Å². The molecule has 2 aromatic carbocycles. The van der Waals surface area contributed by atoms with E-state index in [1.165, 1.54) is 0 Å². The van der Waals surface area contributed by atoms with Crippen molar-refractivity contribution in [3.63, 3.8) is 0 Å². The number of halogens is 4. The van der Waals surface area contributed by atoms with E-state index >= 15 is 0 Å². The van der Waals surface area contributed by atoms with Crippen LogP contribution in [0.1, 0.15) is 10.4 Å². The average Bonchev–Trinajstić information content (AvgIpc) is 2.36. The predicted octanol–water partition coefficient (Wildman–Crippen LogP) is 5.50. The first kappa shape index (κ1) is 14.9. The summed E-state index contributed by atoms with van der Waals surface area (Å²) in [6, 6.07) is 9.97. The molecule has 0 unspecified atom stereocenters. The standard InChI is InChI=1S/C13H7Cl3INO/c14-8-2-4-12(10(16)6-8)18-13(19)7-1-3-11(17)9(15)5-7/h1-6H,(H,18,19). The highest BCUT2D eigenvalue weighted by Gasteiger charge is 2.10. The first-order valence-corrected chi connectivity index (χ1v) is 7.40. The Morgan fingerprint density at radius 2 is 1.74 bits per heavy atom. The molecule has 0 fully saturated rings. The van der Waals surface area contributed by atoms with E-state index in [1.54, 1.807) is 36.4 Å². The van der Waals surface area contributed by atoms with Gasteiger partial charge in [-0.05, 0) is 59.0 Å². The van der Waals surface area contributed by atoms with Gasteiger partial charge < -0.3 is 5.32 Å². The Hall–Kier alpha value is -0.490. The molecule has 0 aliphatic carbocycles. The highest BCUT2D eigenvalue weighted by molar-refractivity contribution is 14.1. The maximum absolute atomic E-state index is 12.1. The second kappa shape index (κ2) is 6.31. The van der Waals surface area contributed by atoms with E-state index in [-0.39, 0.29) is 5.91 Å². The van der Waals surface area contributed by atoms with Crippen LogP contribution in [0.25, 0.3) is 0 Å². The molecule has 0 saturated heterocycles. The van der Waals surface area contributed by atoms with Gasteiger partial charge in [-0.3, -0.25) is 4.79 Å². The van der Waals surface area contributed by atoms with Crippen molar-refractivity contribution in [2.75, 3.05) is 5.32 Å². The maximum atomic E-state index is 12.1. The molecule has 2 nitrogen and oxygen atoms in total. The van der Waals surface area contributed by atoms with Crippen molar-refractivity contribution in [3.8, 4) is 0 Å². The van der Waals surface area contributed by atoms with E-state index in [0.717, 1.165) is 3.57 Å². The first-order valence-electron chi connectivity index (χ1n) is 5.19. The molecule has 1 N–H and O–H groups in total. The number of rotatable bonds is 2. The molecule has 0 heterocycles. The van der Waals surface area contributed by atoms with Crippen LogP contribution >= 0.6 is 57.4 Å². The van der Waals surface area contributed by atoms with Crippen LogP contribution in [0.15, 0.2) is 36.4 Å². The summed E-state index contributed by atoms with van der Waals surface area (Å²) in [6.07, 6.45) is 0. The largest absolute Gasteiger partial charge is 0.321 e. The second-order valence-electron chi connectivity index (χ2n) is 3.71. The minimum Gasteiger partial charge on any atom is -0.321 e. The SMILES string of the molecule is O=C(Nc1ccc(Cl)cc1Cl)c1ccc(I)c(Cl)c1. The van der Waals surface area contributed by atoms with Crippen LogP contribution in [0.2, 0.25) is 15.1 Å². The number of hydrogen-bond acceptors (Lipinski definition) is 1. The van der Waals surface area contributed by atoms with Gasteiger partial charge in [-0.1, -0.05) is 34.8 Å². The van der Waals surface area contributed by atoms with E-state index in [9.17, 15) is 4.79 Å². The Kier molecular flexibility index (Phi) is 4.95. The van der Waals surface area contributed by atoms with Gasteiger partial charge in [-0.2, -0.15) is 0 Å². The quantitative estimate of drug-likeness (QED) is 0.631. The molecule has 1 amide bonds. The summed E-state index contributed by atoms with van der Waals surface area (Å²) < 4.78 is 0.889. The first-order chi connectivity index (χ1) is 8.97. The molecule has 0 bridgehead atoms. The highest BCUT2D eigenvalue weighted by Crippen LogP contribution is 2.26. The number of hydrogen-bond donors (Lipinski definition) is 1. The van der Waals surface area contributed by atoms with E-state index in [0.29, 0.717) is 26.3 Å². The zero-order valence-corrected chi connectivity index (χ0v) is 13.8. The van der Waals surface area contributed by atoms with E-state index in [4.69, 9.17) is 34.8 Å². The molecule has 0 spiro atoms. The molecule has 0 aliphatic rings. The molecule has 19 heavy (non-hydrogen) atoms. The number of carbonyl (C=O) groups excluding carboxylic acids is 1. The normalized spacial score (nSPS) is 10.3. The van der Waals surface area contributed by atoms with Crippen molar-refractivity contribution < 1.29 is 4.79 Å². The third-order valence-corrected chi connectivity index (χ3v) is 4.48. The zero-order valence-electron chi connectivity index (χ0n) is 9.38. The number of carbonyl (C=O) groups is 1. The zero-order chi connectivity index (χ0) is 14.0. The summed E-state index contributed by atoms with van der Waals surface area (Å²) in [6.45, 7) is 0. The van der Waals surface area contributed by atoms with Gasteiger partial charge in [-0.25, -0.2) is 0 Å². The Morgan fingerprint density at radius 1 is 1.00 bits per heavy atom. The van der Waals surface area contributed by atoms with Crippen LogP contribution in [0, 0.1) is 3.57 Å². The van der Waals surface area contributed by atoms with Crippen molar-refractivity contribution in [2.45, 2.75) is 0 Å². The van der Waals surface area contributed by atoms with Crippen LogP contribution in [0.5, 0.6) is 0 Å². The molecule has 0 aromatic heterocycles. The van der Waals surface area contributed by atoms with Gasteiger partial charge in [0.15, 0.2) is 0 Å². The van der Waals surface area contributed by atoms with Gasteiger partial charge in [0.05, 0.1) is 15.7 Å². The summed E-state index contributed by atoms with van der Waals surface area (Å²) in [4.78, 5) is 12.1. The van der Waals surface area contributed by atoms with Crippen LogP contribution in [0.4, 0.5) is 5.69 Å². The predicted molar refractivity (Wildman–Crippen MR) is 88.6 cm³/mol. The summed E-state index contributed by atoms with van der Waals surface area (Å²) in [5, 5.41) is 4.15. The number of anilines is 1. The van der Waals surface area contributed by atoms with E-state index in [1.807, 2.05) is 0 Å². The van der Waals surface area contributed by atoms with Gasteiger partial charge in [0, 0.05) is 14.2 Å². The molecule has 0 aliphatic heterocycles. The fourth-order valence-corrected chi connectivity index (χ4v) is 2.39. The molecular formula is C13H7Cl3INO. The van der Waals surface area contributed by atoms with Gasteiger partial charge in [0.2, 0.25) is 0 Å². The van der Waals surface area contributed by atoms with Gasteiger partial charge in [0.25, 0.3) is 5.91 Å². The lowest BCUT2D eigenvalue weighted by Crippen LogP contribution is -2.12. The Bertz CT molecular complexity index is 646. The Labute approximate surface area is 139 Å². The summed E-state index contributed by atoms with van der Waals surface area (Å²) in [5.41, 5.74) is 0.974. The Balaban J connectivity index is 2.23. The van der Waals surface area contributed by atoms with Gasteiger partial charge >= 0.3 is 0 Å². The third kappa shape index (κ3) is 3.75. The van der Waals surface area contributed by atoms with E-state index in [2.05, 4.69) is 27.9 Å². The number of benzene rings is 2. The average molecular weight is 426 g/mol. The Morgan fingerprint density at radius 3 is 2.37 bits per heavy atom. The fraction of sp³-hybridized carbons (Fsp3) is 0. The van der Waals surface area contributed by atoms with Crippen LogP contribution < -0.4 is 5.32 Å². The fourth-order valence-electron chi connectivity index (χ4n) is 1.42. The van der Waals surface area contributed by atoms with Crippen LogP contribution in [0.3, 0.4) is 0 Å². The minimum atomic E-state index is -0.275. The molecule has 2 aromatic rings. The summed E-state index contributed by atoms with van der Waals surface area (Å²) >= 11 is 19.9. The van der Waals surface area contributed by atoms with Crippen molar-refractivity contribution in [2.24, 2.45) is 0 Å². The lowest BCUT2D eigenvalue weighted by molar-refractivity contribution is 0.102. The number of amides is 1. The summed E-state index contributed by atoms with van der Waals surface area (Å²) in [7, 11) is 0. The summed E-state index contributed by atoms with van der Waals surface area (Å²) in [5.74, 6) is -0.275. The van der Waals surface area contributed by atoms with Gasteiger partial charge in [-0.15, -0.1) is 0 Å². The van der Waals surface area contributed by atoms with Gasteiger partial charge in [0.1, 0.15) is 0 Å². The van der Waals surface area contributed by atoms with Crippen molar-refractivity contribution in [1.82, 2.24) is 0 Å². The van der Waals surface area contributed by atoms with E-state index < -0.39 is 0 Å². The molecule has 6 heteroatoms. The second-order valence-corrected chi connectivity index (χ2v) is 6.12. The molecule has 98 valence electrons. The topological polar surface area (TPSA) is 29.1 Å². The highest BCUT2D eigenvalue weighted by atomic mass is 127. The molecule has 2 rings (SSSR count). The molecule has 0 atom stereocenters. The monoisotopic (exact) mass is 425 g/mol. The minimum absolute atomic E-state index is 0.275.